The van der Waals surface area contributed by atoms with Gasteiger partial charge in [-0.05, 0) is 37.7 Å². The van der Waals surface area contributed by atoms with E-state index in [1.807, 2.05) is 11.3 Å². The molecule has 0 amide bonds. The Hall–Kier alpha value is -0.580. The number of aromatic nitrogens is 1. The Bertz CT molecular complexity index is 533. The van der Waals surface area contributed by atoms with Gasteiger partial charge in [0, 0.05) is 11.3 Å². The van der Waals surface area contributed by atoms with Crippen LogP contribution >= 0.6 is 23.1 Å². The lowest BCUT2D eigenvalue weighted by Gasteiger charge is -2.23. The van der Waals surface area contributed by atoms with Crippen LogP contribution in [-0.4, -0.2) is 22.0 Å². The summed E-state index contributed by atoms with van der Waals surface area (Å²) in [7, 11) is 0. The minimum absolute atomic E-state index is 0.357. The second-order valence-electron chi connectivity index (χ2n) is 5.44. The first kappa shape index (κ1) is 14.4. The lowest BCUT2D eigenvalue weighted by Crippen LogP contribution is -2.36. The Morgan fingerprint density at radius 2 is 2.25 bits per heavy atom. The van der Waals surface area contributed by atoms with E-state index < -0.39 is 0 Å². The fraction of sp³-hybridized carbons (Fsp3) is 0.562. The maximum atomic E-state index is 4.77. The molecule has 1 aromatic heterocycles. The van der Waals surface area contributed by atoms with Crippen LogP contribution in [0, 0.1) is 0 Å². The topological polar surface area (TPSA) is 24.9 Å². The number of nitrogens with one attached hydrogen (secondary N) is 1. The number of rotatable bonds is 5. The van der Waals surface area contributed by atoms with Crippen LogP contribution in [0.1, 0.15) is 44.2 Å². The molecule has 1 heterocycles. The number of hydrogen-bond donors (Lipinski definition) is 1. The van der Waals surface area contributed by atoms with Crippen LogP contribution in [0.4, 0.5) is 0 Å². The zero-order valence-corrected chi connectivity index (χ0v) is 13.8. The molecule has 0 radical (unpaired) electrons. The molecule has 1 aliphatic carbocycles. The highest BCUT2D eigenvalue weighted by molar-refractivity contribution is 7.99. The lowest BCUT2D eigenvalue weighted by molar-refractivity contribution is 0.466. The summed E-state index contributed by atoms with van der Waals surface area (Å²) >= 11 is 3.93. The van der Waals surface area contributed by atoms with E-state index in [9.17, 15) is 0 Å². The van der Waals surface area contributed by atoms with Crippen LogP contribution < -0.4 is 5.32 Å². The molecule has 4 heteroatoms. The molecule has 0 spiro atoms. The highest BCUT2D eigenvalue weighted by atomic mass is 32.2. The second kappa shape index (κ2) is 6.46. The SMILES string of the molecule is CCSC1CCCC1NC(C)c1nc2ccccc2s1. The summed E-state index contributed by atoms with van der Waals surface area (Å²) in [5.41, 5.74) is 1.13. The molecule has 1 aromatic carbocycles. The van der Waals surface area contributed by atoms with Crippen molar-refractivity contribution in [3.05, 3.63) is 29.3 Å². The van der Waals surface area contributed by atoms with E-state index in [-0.39, 0.29) is 0 Å². The standard InChI is InChI=1S/C16H22N2S2/c1-3-19-14-10-6-8-12(14)17-11(2)16-18-13-7-4-5-9-15(13)20-16/h4-5,7,9,11-12,14,17H,3,6,8,10H2,1-2H3. The molecule has 108 valence electrons. The van der Waals surface area contributed by atoms with Crippen LogP contribution in [0.15, 0.2) is 24.3 Å². The van der Waals surface area contributed by atoms with Gasteiger partial charge in [0.25, 0.3) is 0 Å². The van der Waals surface area contributed by atoms with E-state index in [0.717, 1.165) is 10.8 Å². The molecule has 3 unspecified atom stereocenters. The summed E-state index contributed by atoms with van der Waals surface area (Å²) in [6.07, 6.45) is 4.04. The van der Waals surface area contributed by atoms with E-state index in [2.05, 4.69) is 55.2 Å². The third-order valence-corrected chi connectivity index (χ3v) is 6.52. The molecule has 1 fully saturated rings. The summed E-state index contributed by atoms with van der Waals surface area (Å²) in [4.78, 5) is 4.77. The largest absolute Gasteiger partial charge is 0.304 e. The second-order valence-corrected chi connectivity index (χ2v) is 8.02. The highest BCUT2D eigenvalue weighted by Crippen LogP contribution is 2.33. The van der Waals surface area contributed by atoms with E-state index in [1.165, 1.54) is 34.7 Å². The molecule has 1 saturated carbocycles. The maximum Gasteiger partial charge on any atom is 0.111 e. The number of hydrogen-bond acceptors (Lipinski definition) is 4. The van der Waals surface area contributed by atoms with Crippen molar-refractivity contribution in [3.63, 3.8) is 0 Å². The van der Waals surface area contributed by atoms with Gasteiger partial charge < -0.3 is 5.32 Å². The predicted octanol–water partition coefficient (Wildman–Crippen LogP) is 4.62. The predicted molar refractivity (Wildman–Crippen MR) is 90.7 cm³/mol. The number of para-hydroxylation sites is 1. The molecule has 1 N–H and O–H groups in total. The van der Waals surface area contributed by atoms with Gasteiger partial charge in [-0.1, -0.05) is 25.5 Å². The highest BCUT2D eigenvalue weighted by Gasteiger charge is 2.28. The molecular weight excluding hydrogens is 284 g/mol. The molecule has 1 aliphatic rings. The van der Waals surface area contributed by atoms with E-state index >= 15 is 0 Å². The van der Waals surface area contributed by atoms with Gasteiger partial charge in [-0.3, -0.25) is 0 Å². The lowest BCUT2D eigenvalue weighted by atomic mass is 10.2. The molecule has 2 aromatic rings. The Morgan fingerprint density at radius 1 is 1.40 bits per heavy atom. The molecule has 2 nitrogen and oxygen atoms in total. The Labute approximate surface area is 129 Å². The summed E-state index contributed by atoms with van der Waals surface area (Å²) in [6, 6.07) is 9.43. The van der Waals surface area contributed by atoms with Gasteiger partial charge in [0.2, 0.25) is 0 Å². The molecule has 0 bridgehead atoms. The average molecular weight is 307 g/mol. The number of fused-ring (bicyclic) bond motifs is 1. The van der Waals surface area contributed by atoms with Crippen LogP contribution in [0.5, 0.6) is 0 Å². The Kier molecular flexibility index (Phi) is 4.64. The third-order valence-electron chi connectivity index (χ3n) is 3.98. The van der Waals surface area contributed by atoms with Crippen molar-refractivity contribution in [2.24, 2.45) is 0 Å². The molecular formula is C16H22N2S2. The van der Waals surface area contributed by atoms with Crippen molar-refractivity contribution in [1.82, 2.24) is 10.3 Å². The monoisotopic (exact) mass is 306 g/mol. The van der Waals surface area contributed by atoms with Crippen LogP contribution in [-0.2, 0) is 0 Å². The zero-order valence-electron chi connectivity index (χ0n) is 12.1. The van der Waals surface area contributed by atoms with Crippen molar-refractivity contribution >= 4 is 33.3 Å². The Morgan fingerprint density at radius 3 is 3.05 bits per heavy atom. The fourth-order valence-corrected chi connectivity index (χ4v) is 5.19. The van der Waals surface area contributed by atoms with E-state index in [1.54, 1.807) is 0 Å². The minimum Gasteiger partial charge on any atom is -0.304 e. The van der Waals surface area contributed by atoms with Gasteiger partial charge in [0.1, 0.15) is 5.01 Å². The first-order valence-electron chi connectivity index (χ1n) is 7.51. The van der Waals surface area contributed by atoms with Gasteiger partial charge >= 0.3 is 0 Å². The quantitative estimate of drug-likeness (QED) is 0.872. The van der Waals surface area contributed by atoms with Crippen molar-refractivity contribution in [2.45, 2.75) is 50.4 Å². The number of thiazole rings is 1. The molecule has 0 aliphatic heterocycles. The molecule has 0 saturated heterocycles. The number of thioether (sulfide) groups is 1. The first-order chi connectivity index (χ1) is 9.78. The minimum atomic E-state index is 0.357. The van der Waals surface area contributed by atoms with Gasteiger partial charge in [-0.25, -0.2) is 4.98 Å². The van der Waals surface area contributed by atoms with Crippen molar-refractivity contribution in [2.75, 3.05) is 5.75 Å². The summed E-state index contributed by atoms with van der Waals surface area (Å²) in [5.74, 6) is 1.22. The van der Waals surface area contributed by atoms with E-state index in [4.69, 9.17) is 4.98 Å². The number of nitrogens with zero attached hydrogens (tertiary/aromatic N) is 1. The zero-order chi connectivity index (χ0) is 13.9. The van der Waals surface area contributed by atoms with Crippen molar-refractivity contribution in [1.29, 1.82) is 0 Å². The Balaban J connectivity index is 1.70. The third kappa shape index (κ3) is 3.02. The molecule has 20 heavy (non-hydrogen) atoms. The van der Waals surface area contributed by atoms with Gasteiger partial charge in [-0.15, -0.1) is 11.3 Å². The van der Waals surface area contributed by atoms with Gasteiger partial charge in [-0.2, -0.15) is 11.8 Å². The molecule has 3 atom stereocenters. The number of benzene rings is 1. The van der Waals surface area contributed by atoms with Crippen LogP contribution in [0.25, 0.3) is 10.2 Å². The molecule has 3 rings (SSSR count). The summed E-state index contributed by atoms with van der Waals surface area (Å²) in [5, 5.41) is 5.83. The maximum absolute atomic E-state index is 4.77. The van der Waals surface area contributed by atoms with E-state index in [0.29, 0.717) is 12.1 Å². The smallest absolute Gasteiger partial charge is 0.111 e. The summed E-state index contributed by atoms with van der Waals surface area (Å²) in [6.45, 7) is 4.51. The van der Waals surface area contributed by atoms with Crippen LogP contribution in [0.3, 0.4) is 0 Å². The van der Waals surface area contributed by atoms with Gasteiger partial charge in [0.15, 0.2) is 0 Å². The van der Waals surface area contributed by atoms with Crippen LogP contribution in [0.2, 0.25) is 0 Å². The average Bonchev–Trinajstić information content (AvgIpc) is 3.06. The van der Waals surface area contributed by atoms with Crippen molar-refractivity contribution in [3.8, 4) is 0 Å². The fourth-order valence-electron chi connectivity index (χ4n) is 3.00. The summed E-state index contributed by atoms with van der Waals surface area (Å²) < 4.78 is 1.29. The van der Waals surface area contributed by atoms with Crippen molar-refractivity contribution < 1.29 is 0 Å². The normalized spacial score (nSPS) is 24.3. The van der Waals surface area contributed by atoms with Gasteiger partial charge in [0.05, 0.1) is 16.3 Å². The first-order valence-corrected chi connectivity index (χ1v) is 9.37.